The first-order valence-electron chi connectivity index (χ1n) is 5.96. The molecule has 17 heavy (non-hydrogen) atoms. The van der Waals surface area contributed by atoms with E-state index in [4.69, 9.17) is 4.74 Å². The fourth-order valence-electron chi connectivity index (χ4n) is 1.16. The highest BCUT2D eigenvalue weighted by Gasteiger charge is 2.20. The number of rotatable bonds is 4. The summed E-state index contributed by atoms with van der Waals surface area (Å²) in [5, 5.41) is 9.52. The number of carbonyl (C=O) groups excluding carboxylic acids is 1. The van der Waals surface area contributed by atoms with E-state index in [1.165, 1.54) is 11.9 Å². The number of hydrogen-bond acceptors (Lipinski definition) is 4. The average Bonchev–Trinajstić information content (AvgIpc) is 2.18. The second kappa shape index (κ2) is 9.24. The van der Waals surface area contributed by atoms with E-state index >= 15 is 0 Å². The van der Waals surface area contributed by atoms with Crippen molar-refractivity contribution >= 4 is 6.09 Å². The van der Waals surface area contributed by atoms with Gasteiger partial charge in [-0.15, -0.1) is 0 Å². The lowest BCUT2D eigenvalue weighted by atomic mass is 10.2. The summed E-state index contributed by atoms with van der Waals surface area (Å²) in [5.41, 5.74) is 4.01. The minimum Gasteiger partial charge on any atom is -0.444 e. The third kappa shape index (κ3) is 11.5. The molecule has 5 heteroatoms. The molecule has 0 aromatic carbocycles. The van der Waals surface area contributed by atoms with Crippen LogP contribution >= 0.6 is 0 Å². The third-order valence-corrected chi connectivity index (χ3v) is 1.81. The van der Waals surface area contributed by atoms with Crippen LogP contribution in [0.3, 0.4) is 0 Å². The highest BCUT2D eigenvalue weighted by molar-refractivity contribution is 5.67. The van der Waals surface area contributed by atoms with Gasteiger partial charge in [-0.2, -0.15) is 0 Å². The topological polar surface area (TPSA) is 75.8 Å². The van der Waals surface area contributed by atoms with Crippen molar-refractivity contribution in [2.45, 2.75) is 52.2 Å². The fourth-order valence-corrected chi connectivity index (χ4v) is 1.16. The van der Waals surface area contributed by atoms with Gasteiger partial charge in [0.1, 0.15) is 5.60 Å². The highest BCUT2D eigenvalue weighted by Crippen LogP contribution is 2.09. The Balaban J connectivity index is 0. The average molecular weight is 248 g/mol. The summed E-state index contributed by atoms with van der Waals surface area (Å²) in [6.07, 6.45) is 0.751. The van der Waals surface area contributed by atoms with Crippen LogP contribution in [0.25, 0.3) is 0 Å². The number of ether oxygens (including phenoxy) is 1. The molecular formula is C12H28N2O3. The van der Waals surface area contributed by atoms with Crippen molar-refractivity contribution < 1.29 is 14.6 Å². The molecule has 0 rings (SSSR count). The number of nitrogens with two attached hydrogens (primary N) is 1. The van der Waals surface area contributed by atoms with Crippen LogP contribution in [0.1, 0.15) is 40.5 Å². The molecule has 0 radical (unpaired) electrons. The first kappa shape index (κ1) is 18.6. The summed E-state index contributed by atoms with van der Waals surface area (Å²) in [4.78, 5) is 12.9. The second-order valence-corrected chi connectivity index (χ2v) is 4.80. The smallest absolute Gasteiger partial charge is 0.410 e. The Morgan fingerprint density at radius 3 is 2.24 bits per heavy atom. The Hall–Kier alpha value is -0.810. The van der Waals surface area contributed by atoms with E-state index in [2.05, 4.69) is 5.73 Å². The molecular weight excluding hydrogens is 220 g/mol. The zero-order chi connectivity index (χ0) is 14.1. The quantitative estimate of drug-likeness (QED) is 0.792. The van der Waals surface area contributed by atoms with E-state index in [0.29, 0.717) is 13.0 Å². The molecule has 0 aliphatic rings. The number of nitrogens with zero attached hydrogens (tertiary/aromatic N) is 1. The van der Waals surface area contributed by atoms with Crippen molar-refractivity contribution in [1.29, 1.82) is 0 Å². The molecule has 0 fully saturated rings. The Bertz CT molecular complexity index is 202. The number of carbonyl (C=O) groups is 1. The first-order valence-corrected chi connectivity index (χ1v) is 5.96. The summed E-state index contributed by atoms with van der Waals surface area (Å²) >= 11 is 0. The van der Waals surface area contributed by atoms with Gasteiger partial charge in [0.25, 0.3) is 0 Å². The predicted octanol–water partition coefficient (Wildman–Crippen LogP) is 1.59. The number of aliphatic hydroxyl groups excluding tert-OH is 1. The van der Waals surface area contributed by atoms with Gasteiger partial charge in [-0.1, -0.05) is 13.3 Å². The van der Waals surface area contributed by atoms with Crippen molar-refractivity contribution in [3.8, 4) is 0 Å². The number of hydrogen-bond donors (Lipinski definition) is 2. The van der Waals surface area contributed by atoms with Gasteiger partial charge in [0.15, 0.2) is 0 Å². The molecule has 1 atom stereocenters. The zero-order valence-electron chi connectivity index (χ0n) is 12.0. The molecule has 5 nitrogen and oxygen atoms in total. The maximum Gasteiger partial charge on any atom is 0.410 e. The molecule has 0 heterocycles. The van der Waals surface area contributed by atoms with Gasteiger partial charge >= 0.3 is 6.09 Å². The molecule has 0 aliphatic carbocycles. The van der Waals surface area contributed by atoms with Gasteiger partial charge in [-0.25, -0.2) is 4.79 Å². The zero-order valence-corrected chi connectivity index (χ0v) is 12.0. The van der Waals surface area contributed by atoms with Gasteiger partial charge in [0.05, 0.1) is 6.10 Å². The Morgan fingerprint density at radius 1 is 1.41 bits per heavy atom. The molecule has 0 bridgehead atoms. The SMILES string of the molecule is CCCC(O)CN(C)C(=O)OC(C)(C)C.CN. The largest absolute Gasteiger partial charge is 0.444 e. The molecule has 1 unspecified atom stereocenters. The van der Waals surface area contributed by atoms with Crippen molar-refractivity contribution in [1.82, 2.24) is 4.90 Å². The van der Waals surface area contributed by atoms with Crippen LogP contribution in [0.4, 0.5) is 4.79 Å². The minimum atomic E-state index is -0.485. The van der Waals surface area contributed by atoms with E-state index in [9.17, 15) is 9.90 Å². The Morgan fingerprint density at radius 2 is 1.88 bits per heavy atom. The van der Waals surface area contributed by atoms with E-state index in [1.54, 1.807) is 7.05 Å². The third-order valence-electron chi connectivity index (χ3n) is 1.81. The van der Waals surface area contributed by atoms with Crippen LogP contribution in [-0.4, -0.2) is 48.4 Å². The van der Waals surface area contributed by atoms with Gasteiger partial charge in [-0.3, -0.25) is 0 Å². The molecule has 0 aromatic rings. The molecule has 0 aromatic heterocycles. The summed E-state index contributed by atoms with van der Waals surface area (Å²) in [7, 11) is 3.13. The van der Waals surface area contributed by atoms with Crippen molar-refractivity contribution in [2.75, 3.05) is 20.6 Å². The molecule has 0 saturated carbocycles. The van der Waals surface area contributed by atoms with Crippen LogP contribution < -0.4 is 5.73 Å². The normalized spacial score (nSPS) is 12.2. The van der Waals surface area contributed by atoms with E-state index in [1.807, 2.05) is 27.7 Å². The standard InChI is InChI=1S/C11H23NO3.CH5N/c1-6-7-9(13)8-12(5)10(14)15-11(2,3)4;1-2/h9,13H,6-8H2,1-5H3;2H2,1H3. The maximum absolute atomic E-state index is 11.5. The highest BCUT2D eigenvalue weighted by atomic mass is 16.6. The van der Waals surface area contributed by atoms with Crippen LogP contribution in [0.15, 0.2) is 0 Å². The van der Waals surface area contributed by atoms with E-state index < -0.39 is 17.8 Å². The molecule has 3 N–H and O–H groups in total. The lowest BCUT2D eigenvalue weighted by molar-refractivity contribution is 0.0198. The lowest BCUT2D eigenvalue weighted by Gasteiger charge is -2.25. The van der Waals surface area contributed by atoms with Gasteiger partial charge in [0, 0.05) is 13.6 Å². The fraction of sp³-hybridized carbons (Fsp3) is 0.917. The Labute approximate surface area is 105 Å². The van der Waals surface area contributed by atoms with Crippen LogP contribution in [-0.2, 0) is 4.74 Å². The molecule has 0 aliphatic heterocycles. The predicted molar refractivity (Wildman–Crippen MR) is 69.9 cm³/mol. The van der Waals surface area contributed by atoms with Gasteiger partial charge < -0.3 is 20.5 Å². The van der Waals surface area contributed by atoms with Crippen LogP contribution in [0, 0.1) is 0 Å². The number of likely N-dealkylation sites (N-methyl/N-ethyl adjacent to an activating group) is 1. The lowest BCUT2D eigenvalue weighted by Crippen LogP contribution is -2.38. The summed E-state index contributed by atoms with van der Waals surface area (Å²) in [6, 6.07) is 0. The van der Waals surface area contributed by atoms with Crippen molar-refractivity contribution in [3.63, 3.8) is 0 Å². The summed E-state index contributed by atoms with van der Waals surface area (Å²) in [6.45, 7) is 7.78. The van der Waals surface area contributed by atoms with Crippen molar-refractivity contribution in [3.05, 3.63) is 0 Å². The van der Waals surface area contributed by atoms with Crippen molar-refractivity contribution in [2.24, 2.45) is 5.73 Å². The minimum absolute atomic E-state index is 0.322. The molecule has 0 spiro atoms. The summed E-state index contributed by atoms with van der Waals surface area (Å²) < 4.78 is 5.15. The van der Waals surface area contributed by atoms with E-state index in [-0.39, 0.29) is 0 Å². The van der Waals surface area contributed by atoms with Crippen LogP contribution in [0.2, 0.25) is 0 Å². The second-order valence-electron chi connectivity index (χ2n) is 4.80. The van der Waals surface area contributed by atoms with E-state index in [0.717, 1.165) is 6.42 Å². The van der Waals surface area contributed by atoms with Gasteiger partial charge in [-0.05, 0) is 34.2 Å². The van der Waals surface area contributed by atoms with Crippen LogP contribution in [0.5, 0.6) is 0 Å². The maximum atomic E-state index is 11.5. The molecule has 0 saturated heterocycles. The monoisotopic (exact) mass is 248 g/mol. The number of aliphatic hydroxyl groups is 1. The summed E-state index contributed by atoms with van der Waals surface area (Å²) in [5.74, 6) is 0. The number of amides is 1. The van der Waals surface area contributed by atoms with Gasteiger partial charge in [0.2, 0.25) is 0 Å². The molecule has 104 valence electrons. The first-order chi connectivity index (χ1) is 7.76. The molecule has 1 amide bonds. The Kier molecular flexibility index (Phi) is 10.1.